The molecule has 0 radical (unpaired) electrons. The summed E-state index contributed by atoms with van der Waals surface area (Å²) in [6.45, 7) is 4.18. The maximum absolute atomic E-state index is 13.5. The number of benzene rings is 1. The Balaban J connectivity index is 2.34. The summed E-state index contributed by atoms with van der Waals surface area (Å²) in [6, 6.07) is 1.71. The van der Waals surface area contributed by atoms with Crippen molar-refractivity contribution < 1.29 is 18.3 Å². The molecule has 0 saturated carbocycles. The van der Waals surface area contributed by atoms with E-state index in [9.17, 15) is 18.3 Å². The molecule has 1 aromatic rings. The largest absolute Gasteiger partial charge is 0.507 e. The van der Waals surface area contributed by atoms with Crippen molar-refractivity contribution in [3.8, 4) is 5.75 Å². The van der Waals surface area contributed by atoms with Crippen LogP contribution in [0.3, 0.4) is 0 Å². The molecule has 112 valence electrons. The van der Waals surface area contributed by atoms with Crippen molar-refractivity contribution in [1.29, 1.82) is 0 Å². The number of hydrogen-bond donors (Lipinski definition) is 2. The van der Waals surface area contributed by atoms with Crippen molar-refractivity contribution in [2.45, 2.75) is 25.8 Å². The quantitative estimate of drug-likeness (QED) is 0.893. The number of alkyl halides is 2. The van der Waals surface area contributed by atoms with Crippen LogP contribution < -0.4 is 5.32 Å². The van der Waals surface area contributed by atoms with Crippen LogP contribution in [-0.4, -0.2) is 42.6 Å². The van der Waals surface area contributed by atoms with Gasteiger partial charge in [-0.25, -0.2) is 13.2 Å². The zero-order chi connectivity index (χ0) is 14.7. The van der Waals surface area contributed by atoms with Crippen LogP contribution in [0, 0.1) is 12.7 Å². The summed E-state index contributed by atoms with van der Waals surface area (Å²) in [6.07, 6.45) is -2.91. The summed E-state index contributed by atoms with van der Waals surface area (Å²) >= 11 is 0. The first-order valence-electron chi connectivity index (χ1n) is 6.71. The van der Waals surface area contributed by atoms with Gasteiger partial charge in [0.2, 0.25) is 6.43 Å². The van der Waals surface area contributed by atoms with Crippen LogP contribution in [0.5, 0.6) is 5.75 Å². The number of nitrogens with one attached hydrogen (secondary N) is 1. The Labute approximate surface area is 116 Å². The summed E-state index contributed by atoms with van der Waals surface area (Å²) in [5.74, 6) is -0.597. The van der Waals surface area contributed by atoms with E-state index in [1.54, 1.807) is 6.92 Å². The van der Waals surface area contributed by atoms with E-state index in [1.807, 2.05) is 4.90 Å². The minimum atomic E-state index is -2.50. The molecule has 0 aromatic heterocycles. The second-order valence-electron chi connectivity index (χ2n) is 5.09. The smallest absolute Gasteiger partial charge is 0.240 e. The Hall–Kier alpha value is -1.27. The van der Waals surface area contributed by atoms with Crippen LogP contribution in [-0.2, 0) is 0 Å². The second kappa shape index (κ2) is 6.45. The van der Waals surface area contributed by atoms with Crippen LogP contribution in [0.1, 0.15) is 23.6 Å². The van der Waals surface area contributed by atoms with E-state index in [1.165, 1.54) is 6.07 Å². The van der Waals surface area contributed by atoms with Gasteiger partial charge in [-0.3, -0.25) is 4.90 Å². The highest BCUT2D eigenvalue weighted by molar-refractivity contribution is 5.42. The average molecular weight is 288 g/mol. The molecule has 0 spiro atoms. The van der Waals surface area contributed by atoms with Crippen molar-refractivity contribution in [2.24, 2.45) is 0 Å². The maximum Gasteiger partial charge on any atom is 0.240 e. The third-order valence-electron chi connectivity index (χ3n) is 3.65. The van der Waals surface area contributed by atoms with Crippen molar-refractivity contribution >= 4 is 0 Å². The fourth-order valence-electron chi connectivity index (χ4n) is 2.65. The standard InChI is InChI=1S/C14H19F3N2O/c1-9-6-10(15)7-11(14(9)20)12(8-13(16)17)19-4-2-18-3-5-19/h6-7,12-13,18,20H,2-5,8H2,1H3/t12-/m0/s1. The highest BCUT2D eigenvalue weighted by atomic mass is 19.3. The van der Waals surface area contributed by atoms with Gasteiger partial charge in [0.15, 0.2) is 0 Å². The number of piperazine rings is 1. The van der Waals surface area contributed by atoms with Gasteiger partial charge in [0, 0.05) is 44.2 Å². The number of hydrogen-bond acceptors (Lipinski definition) is 3. The fraction of sp³-hybridized carbons (Fsp3) is 0.571. The van der Waals surface area contributed by atoms with Crippen LogP contribution in [0.25, 0.3) is 0 Å². The number of rotatable bonds is 4. The Morgan fingerprint density at radius 2 is 1.95 bits per heavy atom. The van der Waals surface area contributed by atoms with Crippen molar-refractivity contribution in [1.82, 2.24) is 10.2 Å². The first-order valence-corrected chi connectivity index (χ1v) is 6.71. The lowest BCUT2D eigenvalue weighted by Crippen LogP contribution is -2.45. The van der Waals surface area contributed by atoms with Gasteiger partial charge in [-0.2, -0.15) is 0 Å². The molecule has 2 N–H and O–H groups in total. The zero-order valence-corrected chi connectivity index (χ0v) is 11.4. The molecule has 1 aliphatic rings. The van der Waals surface area contributed by atoms with E-state index in [2.05, 4.69) is 5.32 Å². The topological polar surface area (TPSA) is 35.5 Å². The molecule has 1 saturated heterocycles. The van der Waals surface area contributed by atoms with E-state index >= 15 is 0 Å². The van der Waals surface area contributed by atoms with E-state index in [4.69, 9.17) is 0 Å². The zero-order valence-electron chi connectivity index (χ0n) is 11.4. The molecular weight excluding hydrogens is 269 g/mol. The van der Waals surface area contributed by atoms with E-state index in [0.717, 1.165) is 6.07 Å². The van der Waals surface area contributed by atoms with Gasteiger partial charge in [0.25, 0.3) is 0 Å². The molecule has 1 heterocycles. The van der Waals surface area contributed by atoms with Crippen LogP contribution in [0.4, 0.5) is 13.2 Å². The Morgan fingerprint density at radius 3 is 2.55 bits per heavy atom. The van der Waals surface area contributed by atoms with Crippen molar-refractivity contribution in [2.75, 3.05) is 26.2 Å². The number of phenols is 1. The first kappa shape index (κ1) is 15.1. The molecule has 3 nitrogen and oxygen atoms in total. The molecule has 1 fully saturated rings. The average Bonchev–Trinajstić information content (AvgIpc) is 2.41. The maximum atomic E-state index is 13.5. The number of aryl methyl sites for hydroxylation is 1. The van der Waals surface area contributed by atoms with Gasteiger partial charge in [-0.05, 0) is 24.6 Å². The number of halogens is 3. The number of phenolic OH excluding ortho intramolecular Hbond substituents is 1. The van der Waals surface area contributed by atoms with Crippen molar-refractivity contribution in [3.05, 3.63) is 29.1 Å². The van der Waals surface area contributed by atoms with Crippen LogP contribution in [0.2, 0.25) is 0 Å². The first-order chi connectivity index (χ1) is 9.49. The Morgan fingerprint density at radius 1 is 1.30 bits per heavy atom. The number of nitrogens with zero attached hydrogens (tertiary/aromatic N) is 1. The molecule has 1 atom stereocenters. The summed E-state index contributed by atoms with van der Waals surface area (Å²) < 4.78 is 39.2. The summed E-state index contributed by atoms with van der Waals surface area (Å²) in [5.41, 5.74) is 0.624. The molecule has 0 amide bonds. The Kier molecular flexibility index (Phi) is 4.88. The molecular formula is C14H19F3N2O. The van der Waals surface area contributed by atoms with E-state index in [0.29, 0.717) is 31.7 Å². The van der Waals surface area contributed by atoms with Gasteiger partial charge in [0.1, 0.15) is 11.6 Å². The molecule has 6 heteroatoms. The van der Waals surface area contributed by atoms with Gasteiger partial charge >= 0.3 is 0 Å². The molecule has 2 rings (SSSR count). The minimum absolute atomic E-state index is 0.0874. The van der Waals surface area contributed by atoms with Gasteiger partial charge in [-0.15, -0.1) is 0 Å². The number of aromatic hydroxyl groups is 1. The minimum Gasteiger partial charge on any atom is -0.507 e. The lowest BCUT2D eigenvalue weighted by atomic mass is 9.97. The molecule has 1 aliphatic heterocycles. The summed E-state index contributed by atoms with van der Waals surface area (Å²) in [7, 11) is 0. The summed E-state index contributed by atoms with van der Waals surface area (Å²) in [5, 5.41) is 13.2. The normalized spacial score (nSPS) is 18.4. The Bertz CT molecular complexity index is 462. The highest BCUT2D eigenvalue weighted by Gasteiger charge is 2.28. The van der Waals surface area contributed by atoms with Crippen LogP contribution in [0.15, 0.2) is 12.1 Å². The van der Waals surface area contributed by atoms with E-state index in [-0.39, 0.29) is 11.3 Å². The second-order valence-corrected chi connectivity index (χ2v) is 5.09. The summed E-state index contributed by atoms with van der Waals surface area (Å²) in [4.78, 5) is 1.87. The lowest BCUT2D eigenvalue weighted by Gasteiger charge is -2.35. The van der Waals surface area contributed by atoms with Gasteiger partial charge < -0.3 is 10.4 Å². The third kappa shape index (κ3) is 3.43. The molecule has 0 bridgehead atoms. The lowest BCUT2D eigenvalue weighted by molar-refractivity contribution is 0.0728. The molecule has 0 unspecified atom stereocenters. The SMILES string of the molecule is Cc1cc(F)cc([C@H](CC(F)F)N2CCNCC2)c1O. The molecule has 1 aromatic carbocycles. The predicted octanol–water partition coefficient (Wildman–Crippen LogP) is 2.44. The molecule has 20 heavy (non-hydrogen) atoms. The monoisotopic (exact) mass is 288 g/mol. The predicted molar refractivity (Wildman–Crippen MR) is 70.6 cm³/mol. The molecule has 0 aliphatic carbocycles. The third-order valence-corrected chi connectivity index (χ3v) is 3.65. The van der Waals surface area contributed by atoms with E-state index < -0.39 is 24.7 Å². The highest BCUT2D eigenvalue weighted by Crippen LogP contribution is 2.35. The fourth-order valence-corrected chi connectivity index (χ4v) is 2.65. The van der Waals surface area contributed by atoms with Crippen LogP contribution >= 0.6 is 0 Å². The van der Waals surface area contributed by atoms with Gasteiger partial charge in [0.05, 0.1) is 0 Å². The van der Waals surface area contributed by atoms with Crippen molar-refractivity contribution in [3.63, 3.8) is 0 Å². The van der Waals surface area contributed by atoms with Gasteiger partial charge in [-0.1, -0.05) is 0 Å².